The summed E-state index contributed by atoms with van der Waals surface area (Å²) < 4.78 is 5.07. The zero-order chi connectivity index (χ0) is 10.2. The average Bonchev–Trinajstić information content (AvgIpc) is 2.41. The molecule has 3 nitrogen and oxygen atoms in total. The Morgan fingerprint density at radius 1 is 1.21 bits per heavy atom. The van der Waals surface area contributed by atoms with Crippen molar-refractivity contribution in [1.29, 1.82) is 0 Å². The van der Waals surface area contributed by atoms with Crippen LogP contribution in [-0.2, 0) is 9.53 Å². The molecule has 0 aliphatic carbocycles. The van der Waals surface area contributed by atoms with Gasteiger partial charge in [0.1, 0.15) is 0 Å². The van der Waals surface area contributed by atoms with Crippen molar-refractivity contribution in [3.8, 4) is 0 Å². The van der Waals surface area contributed by atoms with Crippen LogP contribution in [0.1, 0.15) is 19.4 Å². The largest absolute Gasteiger partial charge is 0.433 e. The van der Waals surface area contributed by atoms with E-state index >= 15 is 0 Å². The van der Waals surface area contributed by atoms with Crippen LogP contribution in [0.3, 0.4) is 0 Å². The molecule has 0 saturated carbocycles. The number of aliphatic imine (C=N–C) groups is 1. The van der Waals surface area contributed by atoms with Crippen molar-refractivity contribution < 1.29 is 9.53 Å². The molecule has 0 unspecified atom stereocenters. The highest BCUT2D eigenvalue weighted by Gasteiger charge is 2.33. The van der Waals surface area contributed by atoms with Crippen molar-refractivity contribution in [3.63, 3.8) is 0 Å². The first-order valence-electron chi connectivity index (χ1n) is 4.47. The van der Waals surface area contributed by atoms with Gasteiger partial charge in [-0.1, -0.05) is 30.3 Å². The molecule has 0 radical (unpaired) electrons. The number of ether oxygens (including phenoxy) is 1. The smallest absolute Gasteiger partial charge is 0.359 e. The molecule has 72 valence electrons. The molecule has 2 rings (SSSR count). The average molecular weight is 189 g/mol. The number of nitrogens with zero attached hydrogens (tertiary/aromatic N) is 1. The molecule has 0 atom stereocenters. The van der Waals surface area contributed by atoms with Crippen LogP contribution < -0.4 is 0 Å². The molecule has 0 saturated heterocycles. The van der Waals surface area contributed by atoms with Crippen molar-refractivity contribution in [2.75, 3.05) is 0 Å². The first kappa shape index (κ1) is 8.94. The lowest BCUT2D eigenvalue weighted by Crippen LogP contribution is -2.18. The van der Waals surface area contributed by atoms with E-state index in [1.54, 1.807) is 13.8 Å². The SMILES string of the molecule is CC1(C)N=C(c2ccccc2)C(=O)O1. The summed E-state index contributed by atoms with van der Waals surface area (Å²) in [5, 5.41) is 0. The third-order valence-electron chi connectivity index (χ3n) is 1.96. The fraction of sp³-hybridized carbons (Fsp3) is 0.273. The summed E-state index contributed by atoms with van der Waals surface area (Å²) in [7, 11) is 0. The Hall–Kier alpha value is -1.64. The standard InChI is InChI=1S/C11H11NO2/c1-11(2)12-9(10(13)14-11)8-6-4-3-5-7-8/h3-7H,1-2H3. The second kappa shape index (κ2) is 2.94. The molecule has 1 heterocycles. The van der Waals surface area contributed by atoms with Gasteiger partial charge in [0, 0.05) is 5.56 Å². The van der Waals surface area contributed by atoms with E-state index < -0.39 is 5.72 Å². The number of carbonyl (C=O) groups excluding carboxylic acids is 1. The minimum Gasteiger partial charge on any atom is -0.433 e. The summed E-state index contributed by atoms with van der Waals surface area (Å²) in [6.45, 7) is 3.53. The lowest BCUT2D eigenvalue weighted by Gasteiger charge is -2.11. The van der Waals surface area contributed by atoms with Crippen molar-refractivity contribution in [3.05, 3.63) is 35.9 Å². The molecule has 0 N–H and O–H groups in total. The van der Waals surface area contributed by atoms with Gasteiger partial charge in [0.15, 0.2) is 11.4 Å². The fourth-order valence-electron chi connectivity index (χ4n) is 1.39. The Kier molecular flexibility index (Phi) is 1.88. The Morgan fingerprint density at radius 3 is 2.36 bits per heavy atom. The minimum absolute atomic E-state index is 0.346. The zero-order valence-corrected chi connectivity index (χ0v) is 8.15. The number of rotatable bonds is 1. The first-order valence-corrected chi connectivity index (χ1v) is 4.47. The third kappa shape index (κ3) is 1.53. The molecule has 0 spiro atoms. The number of hydrogen-bond donors (Lipinski definition) is 0. The Morgan fingerprint density at radius 2 is 1.86 bits per heavy atom. The molecule has 1 aliphatic heterocycles. The molecule has 1 aromatic carbocycles. The number of carbonyl (C=O) groups is 1. The Labute approximate surface area is 82.4 Å². The maximum Gasteiger partial charge on any atom is 0.359 e. The molecule has 0 bridgehead atoms. The van der Waals surface area contributed by atoms with Gasteiger partial charge in [0.05, 0.1) is 0 Å². The molecule has 0 aromatic heterocycles. The summed E-state index contributed by atoms with van der Waals surface area (Å²) >= 11 is 0. The number of cyclic esters (lactones) is 1. The van der Waals surface area contributed by atoms with E-state index in [-0.39, 0.29) is 5.97 Å². The highest BCUT2D eigenvalue weighted by Crippen LogP contribution is 2.21. The Bertz CT molecular complexity index is 393. The molecular formula is C11H11NO2. The normalized spacial score (nSPS) is 19.0. The monoisotopic (exact) mass is 189 g/mol. The van der Waals surface area contributed by atoms with Crippen LogP contribution in [0, 0.1) is 0 Å². The number of benzene rings is 1. The van der Waals surface area contributed by atoms with Crippen LogP contribution in [0.5, 0.6) is 0 Å². The maximum absolute atomic E-state index is 11.4. The van der Waals surface area contributed by atoms with Crippen LogP contribution in [0.15, 0.2) is 35.3 Å². The number of hydrogen-bond acceptors (Lipinski definition) is 3. The predicted molar refractivity (Wildman–Crippen MR) is 53.2 cm³/mol. The second-order valence-electron chi connectivity index (χ2n) is 3.66. The molecule has 1 aromatic rings. The van der Waals surface area contributed by atoms with Crippen molar-refractivity contribution in [2.24, 2.45) is 4.99 Å². The quantitative estimate of drug-likeness (QED) is 0.631. The van der Waals surface area contributed by atoms with Crippen LogP contribution in [0.2, 0.25) is 0 Å². The molecule has 0 amide bonds. The van der Waals surface area contributed by atoms with E-state index in [1.807, 2.05) is 30.3 Å². The van der Waals surface area contributed by atoms with Gasteiger partial charge in [-0.2, -0.15) is 0 Å². The van der Waals surface area contributed by atoms with Crippen molar-refractivity contribution >= 4 is 11.7 Å². The molecule has 14 heavy (non-hydrogen) atoms. The lowest BCUT2D eigenvalue weighted by atomic mass is 10.1. The van der Waals surface area contributed by atoms with Crippen molar-refractivity contribution in [1.82, 2.24) is 0 Å². The van der Waals surface area contributed by atoms with E-state index in [0.29, 0.717) is 5.71 Å². The van der Waals surface area contributed by atoms with Crippen LogP contribution in [0.4, 0.5) is 0 Å². The predicted octanol–water partition coefficient (Wildman–Crippen LogP) is 1.77. The van der Waals surface area contributed by atoms with Gasteiger partial charge < -0.3 is 4.74 Å². The molecule has 3 heteroatoms. The van der Waals surface area contributed by atoms with E-state index in [1.165, 1.54) is 0 Å². The van der Waals surface area contributed by atoms with Gasteiger partial charge in [-0.3, -0.25) is 0 Å². The second-order valence-corrected chi connectivity index (χ2v) is 3.66. The Balaban J connectivity index is 2.42. The first-order chi connectivity index (χ1) is 6.58. The van der Waals surface area contributed by atoms with Gasteiger partial charge in [-0.05, 0) is 13.8 Å². The molecule has 0 fully saturated rings. The van der Waals surface area contributed by atoms with E-state index in [0.717, 1.165) is 5.56 Å². The van der Waals surface area contributed by atoms with E-state index in [4.69, 9.17) is 4.74 Å². The van der Waals surface area contributed by atoms with Gasteiger partial charge in [0.25, 0.3) is 0 Å². The third-order valence-corrected chi connectivity index (χ3v) is 1.96. The summed E-state index contributed by atoms with van der Waals surface area (Å²) in [5.74, 6) is -0.346. The lowest BCUT2D eigenvalue weighted by molar-refractivity contribution is -0.143. The fourth-order valence-corrected chi connectivity index (χ4v) is 1.39. The molecular weight excluding hydrogens is 178 g/mol. The summed E-state index contributed by atoms with van der Waals surface area (Å²) in [4.78, 5) is 15.7. The summed E-state index contributed by atoms with van der Waals surface area (Å²) in [5.41, 5.74) is 0.501. The minimum atomic E-state index is -0.720. The summed E-state index contributed by atoms with van der Waals surface area (Å²) in [6, 6.07) is 9.34. The summed E-state index contributed by atoms with van der Waals surface area (Å²) in [6.07, 6.45) is 0. The van der Waals surface area contributed by atoms with Crippen LogP contribution >= 0.6 is 0 Å². The molecule has 1 aliphatic rings. The van der Waals surface area contributed by atoms with Crippen molar-refractivity contribution in [2.45, 2.75) is 19.6 Å². The van der Waals surface area contributed by atoms with E-state index in [2.05, 4.69) is 4.99 Å². The number of esters is 1. The zero-order valence-electron chi connectivity index (χ0n) is 8.15. The van der Waals surface area contributed by atoms with E-state index in [9.17, 15) is 4.79 Å². The highest BCUT2D eigenvalue weighted by atomic mass is 16.6. The van der Waals surface area contributed by atoms with Crippen LogP contribution in [-0.4, -0.2) is 17.4 Å². The van der Waals surface area contributed by atoms with Gasteiger partial charge in [0.2, 0.25) is 0 Å². The van der Waals surface area contributed by atoms with Gasteiger partial charge in [-0.25, -0.2) is 9.79 Å². The van der Waals surface area contributed by atoms with Gasteiger partial charge >= 0.3 is 5.97 Å². The topological polar surface area (TPSA) is 38.7 Å². The van der Waals surface area contributed by atoms with Gasteiger partial charge in [-0.15, -0.1) is 0 Å². The highest BCUT2D eigenvalue weighted by molar-refractivity contribution is 6.44. The van der Waals surface area contributed by atoms with Crippen LogP contribution in [0.25, 0.3) is 0 Å². The maximum atomic E-state index is 11.4.